The van der Waals surface area contributed by atoms with Crippen LogP contribution >= 0.6 is 0 Å². The van der Waals surface area contributed by atoms with Gasteiger partial charge in [0.15, 0.2) is 5.96 Å². The largest absolute Gasteiger partial charge is 0.355 e. The molecule has 30 heavy (non-hydrogen) atoms. The summed E-state index contributed by atoms with van der Waals surface area (Å²) in [5, 5.41) is 9.43. The molecule has 5 heteroatoms. The lowest BCUT2D eigenvalue weighted by atomic mass is 9.91. The van der Waals surface area contributed by atoms with Crippen molar-refractivity contribution in [3.63, 3.8) is 0 Å². The van der Waals surface area contributed by atoms with Gasteiger partial charge in [-0.25, -0.2) is 0 Å². The van der Waals surface area contributed by atoms with Crippen LogP contribution in [0.2, 0.25) is 0 Å². The van der Waals surface area contributed by atoms with Gasteiger partial charge in [0, 0.05) is 38.7 Å². The van der Waals surface area contributed by atoms with Gasteiger partial charge >= 0.3 is 0 Å². The van der Waals surface area contributed by atoms with Crippen LogP contribution in [0.1, 0.15) is 33.0 Å². The van der Waals surface area contributed by atoms with Crippen LogP contribution in [0.5, 0.6) is 0 Å². The molecular weight excluding hydrogens is 372 g/mol. The number of benzene rings is 3. The molecule has 3 rings (SSSR count). The Labute approximate surface area is 178 Å². The summed E-state index contributed by atoms with van der Waals surface area (Å²) in [6.07, 6.45) is 0. The first-order valence-electron chi connectivity index (χ1n) is 10.1. The van der Waals surface area contributed by atoms with E-state index >= 15 is 0 Å². The second kappa shape index (κ2) is 10.8. The maximum absolute atomic E-state index is 11.8. The summed E-state index contributed by atoms with van der Waals surface area (Å²) in [6.45, 7) is 1.29. The number of nitrogens with zero attached hydrogens (tertiary/aromatic N) is 1. The Morgan fingerprint density at radius 2 is 1.50 bits per heavy atom. The summed E-state index contributed by atoms with van der Waals surface area (Å²) >= 11 is 0. The lowest BCUT2D eigenvalue weighted by molar-refractivity contribution is 0.0963. The fraction of sp³-hybridized carbons (Fsp3) is 0.200. The Kier molecular flexibility index (Phi) is 7.61. The third-order valence-corrected chi connectivity index (χ3v) is 4.98. The Balaban J connectivity index is 1.65. The average molecular weight is 401 g/mol. The molecule has 3 aromatic carbocycles. The van der Waals surface area contributed by atoms with E-state index in [-0.39, 0.29) is 11.8 Å². The predicted molar refractivity (Wildman–Crippen MR) is 123 cm³/mol. The normalized spacial score (nSPS) is 11.2. The van der Waals surface area contributed by atoms with E-state index in [0.717, 1.165) is 11.5 Å². The quantitative estimate of drug-likeness (QED) is 0.420. The number of nitrogens with one attached hydrogen (secondary N) is 3. The van der Waals surface area contributed by atoms with Crippen molar-refractivity contribution in [1.82, 2.24) is 16.0 Å². The van der Waals surface area contributed by atoms with Crippen molar-refractivity contribution < 1.29 is 4.79 Å². The maximum atomic E-state index is 11.8. The molecule has 0 spiro atoms. The minimum Gasteiger partial charge on any atom is -0.355 e. The van der Waals surface area contributed by atoms with Crippen molar-refractivity contribution in [1.29, 1.82) is 0 Å². The van der Waals surface area contributed by atoms with Crippen molar-refractivity contribution in [2.45, 2.75) is 12.5 Å². The van der Waals surface area contributed by atoms with Gasteiger partial charge in [-0.3, -0.25) is 9.79 Å². The number of rotatable bonds is 7. The van der Waals surface area contributed by atoms with Crippen molar-refractivity contribution in [3.05, 3.63) is 107 Å². The molecule has 0 fully saturated rings. The molecule has 154 valence electrons. The van der Waals surface area contributed by atoms with Crippen molar-refractivity contribution in [3.8, 4) is 0 Å². The summed E-state index contributed by atoms with van der Waals surface area (Å²) in [5.41, 5.74) is 4.17. The second-order valence-electron chi connectivity index (χ2n) is 6.96. The third kappa shape index (κ3) is 5.70. The van der Waals surface area contributed by atoms with E-state index in [2.05, 4.69) is 69.5 Å². The number of guanidine groups is 1. The number of hydrogen-bond donors (Lipinski definition) is 3. The first-order valence-corrected chi connectivity index (χ1v) is 10.1. The summed E-state index contributed by atoms with van der Waals surface area (Å²) < 4.78 is 0. The summed E-state index contributed by atoms with van der Waals surface area (Å²) in [7, 11) is 3.39. The molecule has 5 nitrogen and oxygen atoms in total. The van der Waals surface area contributed by atoms with E-state index in [1.165, 1.54) is 11.1 Å². The summed E-state index contributed by atoms with van der Waals surface area (Å²) in [5.74, 6) is 0.840. The SMILES string of the molecule is CN=C(NCc1cccc(C(=O)NC)c1)NCC(c1ccccc1)c1ccccc1. The van der Waals surface area contributed by atoms with Gasteiger partial charge in [0.1, 0.15) is 0 Å². The first kappa shape index (κ1) is 21.1. The number of amides is 1. The number of hydrogen-bond acceptors (Lipinski definition) is 2. The molecule has 0 aromatic heterocycles. The van der Waals surface area contributed by atoms with Crippen LogP contribution in [0.3, 0.4) is 0 Å². The number of carbonyl (C=O) groups excluding carboxylic acids is 1. The highest BCUT2D eigenvalue weighted by Gasteiger charge is 2.14. The topological polar surface area (TPSA) is 65.5 Å². The van der Waals surface area contributed by atoms with E-state index in [4.69, 9.17) is 0 Å². The highest BCUT2D eigenvalue weighted by atomic mass is 16.1. The highest BCUT2D eigenvalue weighted by molar-refractivity contribution is 5.94. The van der Waals surface area contributed by atoms with Crippen LogP contribution < -0.4 is 16.0 Å². The Bertz CT molecular complexity index is 931. The van der Waals surface area contributed by atoms with Gasteiger partial charge in [-0.1, -0.05) is 72.8 Å². The molecule has 0 aliphatic heterocycles. The zero-order chi connectivity index (χ0) is 21.2. The van der Waals surface area contributed by atoms with Gasteiger partial charge < -0.3 is 16.0 Å². The zero-order valence-electron chi connectivity index (χ0n) is 17.4. The van der Waals surface area contributed by atoms with E-state index < -0.39 is 0 Å². The Hall–Kier alpha value is -3.60. The van der Waals surface area contributed by atoms with E-state index in [9.17, 15) is 4.79 Å². The molecule has 0 aliphatic rings. The van der Waals surface area contributed by atoms with Crippen LogP contribution in [0.25, 0.3) is 0 Å². The molecule has 0 atom stereocenters. The van der Waals surface area contributed by atoms with E-state index in [0.29, 0.717) is 18.7 Å². The van der Waals surface area contributed by atoms with Gasteiger partial charge in [-0.2, -0.15) is 0 Å². The molecule has 0 bridgehead atoms. The fourth-order valence-electron chi connectivity index (χ4n) is 3.37. The second-order valence-corrected chi connectivity index (χ2v) is 6.96. The maximum Gasteiger partial charge on any atom is 0.251 e. The van der Waals surface area contributed by atoms with Crippen molar-refractivity contribution >= 4 is 11.9 Å². The van der Waals surface area contributed by atoms with Gasteiger partial charge in [0.25, 0.3) is 5.91 Å². The van der Waals surface area contributed by atoms with Crippen LogP contribution in [-0.4, -0.2) is 32.5 Å². The molecule has 1 amide bonds. The van der Waals surface area contributed by atoms with Gasteiger partial charge in [-0.05, 0) is 28.8 Å². The van der Waals surface area contributed by atoms with Crippen molar-refractivity contribution in [2.24, 2.45) is 4.99 Å². The molecule has 0 saturated heterocycles. The standard InChI is InChI=1S/C25H28N4O/c1-26-24(30)22-15-9-10-19(16-22)17-28-25(27-2)29-18-23(20-11-5-3-6-12-20)21-13-7-4-8-14-21/h3-16,23H,17-18H2,1-2H3,(H,26,30)(H2,27,28,29). The monoisotopic (exact) mass is 400 g/mol. The lowest BCUT2D eigenvalue weighted by Gasteiger charge is -2.20. The molecule has 0 aliphatic carbocycles. The molecule has 0 unspecified atom stereocenters. The van der Waals surface area contributed by atoms with E-state index in [1.54, 1.807) is 20.2 Å². The highest BCUT2D eigenvalue weighted by Crippen LogP contribution is 2.23. The lowest BCUT2D eigenvalue weighted by Crippen LogP contribution is -2.39. The van der Waals surface area contributed by atoms with Gasteiger partial charge in [0.05, 0.1) is 0 Å². The molecule has 3 aromatic rings. The average Bonchev–Trinajstić information content (AvgIpc) is 2.82. The third-order valence-electron chi connectivity index (χ3n) is 4.98. The molecule has 3 N–H and O–H groups in total. The Morgan fingerprint density at radius 3 is 2.07 bits per heavy atom. The minimum absolute atomic E-state index is 0.0899. The molecule has 0 saturated carbocycles. The first-order chi connectivity index (χ1) is 14.7. The van der Waals surface area contributed by atoms with Crippen LogP contribution in [-0.2, 0) is 6.54 Å². The number of carbonyl (C=O) groups is 1. The Morgan fingerprint density at radius 1 is 0.867 bits per heavy atom. The predicted octanol–water partition coefficient (Wildman–Crippen LogP) is 3.54. The summed E-state index contributed by atoms with van der Waals surface area (Å²) in [4.78, 5) is 16.2. The molecule has 0 heterocycles. The zero-order valence-corrected chi connectivity index (χ0v) is 17.4. The van der Waals surface area contributed by atoms with Gasteiger partial charge in [0.2, 0.25) is 0 Å². The van der Waals surface area contributed by atoms with Crippen LogP contribution in [0, 0.1) is 0 Å². The van der Waals surface area contributed by atoms with Crippen LogP contribution in [0.4, 0.5) is 0 Å². The van der Waals surface area contributed by atoms with Gasteiger partial charge in [-0.15, -0.1) is 0 Å². The van der Waals surface area contributed by atoms with Crippen molar-refractivity contribution in [2.75, 3.05) is 20.6 Å². The molecule has 0 radical (unpaired) electrons. The smallest absolute Gasteiger partial charge is 0.251 e. The van der Waals surface area contributed by atoms with Crippen LogP contribution in [0.15, 0.2) is 89.9 Å². The van der Waals surface area contributed by atoms with E-state index in [1.807, 2.05) is 30.3 Å². The summed E-state index contributed by atoms with van der Waals surface area (Å²) in [6, 6.07) is 28.5. The minimum atomic E-state index is -0.0899. The molecular formula is C25H28N4O. The fourth-order valence-corrected chi connectivity index (χ4v) is 3.37. The number of aliphatic imine (C=N–C) groups is 1.